The summed E-state index contributed by atoms with van der Waals surface area (Å²) in [5.74, 6) is 0. The molecule has 0 radical (unpaired) electrons. The summed E-state index contributed by atoms with van der Waals surface area (Å²) >= 11 is 0. The minimum Gasteiger partial charge on any atom is -0.371 e. The van der Waals surface area contributed by atoms with E-state index in [2.05, 4.69) is 17.2 Å². The van der Waals surface area contributed by atoms with Gasteiger partial charge in [0, 0.05) is 6.54 Å². The molecule has 0 spiro atoms. The summed E-state index contributed by atoms with van der Waals surface area (Å²) in [5, 5.41) is 3.25. The van der Waals surface area contributed by atoms with E-state index in [4.69, 9.17) is 4.74 Å². The zero-order chi connectivity index (χ0) is 11.6. The van der Waals surface area contributed by atoms with E-state index >= 15 is 0 Å². The van der Waals surface area contributed by atoms with Gasteiger partial charge < -0.3 is 10.1 Å². The van der Waals surface area contributed by atoms with Crippen molar-refractivity contribution in [1.82, 2.24) is 10.3 Å². The molecule has 0 aromatic carbocycles. The van der Waals surface area contributed by atoms with Crippen molar-refractivity contribution in [3.8, 4) is 0 Å². The molecule has 1 heterocycles. The number of hydrogen-bond donors (Lipinski definition) is 1. The molecule has 1 rings (SSSR count). The van der Waals surface area contributed by atoms with Crippen LogP contribution in [0, 0.1) is 0 Å². The molecule has 16 heavy (non-hydrogen) atoms. The summed E-state index contributed by atoms with van der Waals surface area (Å²) in [5.41, 5.74) is 2.05. The molecule has 3 nitrogen and oxygen atoms in total. The number of rotatable bonds is 7. The topological polar surface area (TPSA) is 34.1 Å². The molecule has 88 valence electrons. The highest BCUT2D eigenvalue weighted by Crippen LogP contribution is 2.01. The maximum atomic E-state index is 5.45. The molecule has 0 aliphatic heterocycles. The van der Waals surface area contributed by atoms with Gasteiger partial charge in [-0.05, 0) is 25.6 Å². The van der Waals surface area contributed by atoms with Crippen LogP contribution in [0.5, 0.6) is 0 Å². The third-order valence-corrected chi connectivity index (χ3v) is 2.12. The fourth-order valence-electron chi connectivity index (χ4n) is 1.29. The van der Waals surface area contributed by atoms with Crippen LogP contribution >= 0.6 is 0 Å². The smallest absolute Gasteiger partial charge is 0.0892 e. The van der Waals surface area contributed by atoms with Crippen molar-refractivity contribution in [3.05, 3.63) is 41.7 Å². The highest BCUT2D eigenvalue weighted by molar-refractivity contribution is 5.10. The predicted molar refractivity (Wildman–Crippen MR) is 66.1 cm³/mol. The van der Waals surface area contributed by atoms with E-state index in [0.29, 0.717) is 13.2 Å². The first kappa shape index (κ1) is 12.9. The first-order chi connectivity index (χ1) is 7.86. The highest BCUT2D eigenvalue weighted by atomic mass is 16.5. The molecule has 1 N–H and O–H groups in total. The third-order valence-electron chi connectivity index (χ3n) is 2.12. The van der Waals surface area contributed by atoms with Gasteiger partial charge >= 0.3 is 0 Å². The molecular weight excluding hydrogens is 200 g/mol. The van der Waals surface area contributed by atoms with Gasteiger partial charge in [-0.1, -0.05) is 25.1 Å². The molecule has 0 aliphatic carbocycles. The maximum absolute atomic E-state index is 5.45. The van der Waals surface area contributed by atoms with Crippen LogP contribution in [-0.2, 0) is 17.9 Å². The van der Waals surface area contributed by atoms with Crippen LogP contribution < -0.4 is 5.32 Å². The SMILES string of the molecule is C/C=C/COCc1cccc(CNCC)n1. The number of pyridine rings is 1. The van der Waals surface area contributed by atoms with Crippen molar-refractivity contribution < 1.29 is 4.74 Å². The van der Waals surface area contributed by atoms with E-state index in [0.717, 1.165) is 24.5 Å². The van der Waals surface area contributed by atoms with E-state index in [1.807, 2.05) is 37.3 Å². The van der Waals surface area contributed by atoms with E-state index in [9.17, 15) is 0 Å². The minimum absolute atomic E-state index is 0.574. The summed E-state index contributed by atoms with van der Waals surface area (Å²) < 4.78 is 5.45. The van der Waals surface area contributed by atoms with E-state index in [-0.39, 0.29) is 0 Å². The molecule has 1 aromatic heterocycles. The largest absolute Gasteiger partial charge is 0.371 e. The van der Waals surface area contributed by atoms with Gasteiger partial charge in [0.05, 0.1) is 24.6 Å². The van der Waals surface area contributed by atoms with Gasteiger partial charge in [-0.25, -0.2) is 0 Å². The molecule has 0 aliphatic rings. The molecule has 0 fully saturated rings. The molecule has 0 bridgehead atoms. The fourth-order valence-corrected chi connectivity index (χ4v) is 1.29. The lowest BCUT2D eigenvalue weighted by molar-refractivity contribution is 0.145. The van der Waals surface area contributed by atoms with Gasteiger partial charge in [-0.3, -0.25) is 4.98 Å². The van der Waals surface area contributed by atoms with Gasteiger partial charge in [-0.2, -0.15) is 0 Å². The van der Waals surface area contributed by atoms with Crippen molar-refractivity contribution in [3.63, 3.8) is 0 Å². The Morgan fingerprint density at radius 3 is 2.94 bits per heavy atom. The third kappa shape index (κ3) is 5.05. The molecule has 0 saturated heterocycles. The lowest BCUT2D eigenvalue weighted by Gasteiger charge is -2.05. The second-order valence-electron chi connectivity index (χ2n) is 3.48. The van der Waals surface area contributed by atoms with Crippen LogP contribution in [0.1, 0.15) is 25.2 Å². The number of aromatic nitrogens is 1. The number of nitrogens with one attached hydrogen (secondary N) is 1. The average Bonchev–Trinajstić information content (AvgIpc) is 2.33. The van der Waals surface area contributed by atoms with Crippen LogP contribution in [0.3, 0.4) is 0 Å². The Balaban J connectivity index is 2.40. The molecule has 1 aromatic rings. The Labute approximate surface area is 97.5 Å². The highest BCUT2D eigenvalue weighted by Gasteiger charge is 1.97. The van der Waals surface area contributed by atoms with Gasteiger partial charge in [0.25, 0.3) is 0 Å². The van der Waals surface area contributed by atoms with Gasteiger partial charge in [0.2, 0.25) is 0 Å². The molecule has 0 atom stereocenters. The summed E-state index contributed by atoms with van der Waals surface area (Å²) in [6.45, 7) is 7.07. The molecule has 0 amide bonds. The Hall–Kier alpha value is -1.19. The van der Waals surface area contributed by atoms with Gasteiger partial charge in [0.15, 0.2) is 0 Å². The molecule has 0 unspecified atom stereocenters. The number of hydrogen-bond acceptors (Lipinski definition) is 3. The monoisotopic (exact) mass is 220 g/mol. The molecule has 3 heteroatoms. The normalized spacial score (nSPS) is 11.1. The quantitative estimate of drug-likeness (QED) is 0.565. The van der Waals surface area contributed by atoms with Crippen LogP contribution in [0.2, 0.25) is 0 Å². The number of nitrogens with zero attached hydrogens (tertiary/aromatic N) is 1. The Bertz CT molecular complexity index is 323. The summed E-state index contributed by atoms with van der Waals surface area (Å²) in [7, 11) is 0. The van der Waals surface area contributed by atoms with E-state index < -0.39 is 0 Å². The van der Waals surface area contributed by atoms with Crippen molar-refractivity contribution in [1.29, 1.82) is 0 Å². The summed E-state index contributed by atoms with van der Waals surface area (Å²) in [6.07, 6.45) is 3.97. The Kier molecular flexibility index (Phi) is 6.45. The summed E-state index contributed by atoms with van der Waals surface area (Å²) in [4.78, 5) is 4.50. The Morgan fingerprint density at radius 2 is 2.19 bits per heavy atom. The second kappa shape index (κ2) is 8.02. The number of allylic oxidation sites excluding steroid dienone is 1. The Morgan fingerprint density at radius 1 is 1.38 bits per heavy atom. The maximum Gasteiger partial charge on any atom is 0.0892 e. The van der Waals surface area contributed by atoms with Crippen LogP contribution in [0.25, 0.3) is 0 Å². The standard InChI is InChI=1S/C13H20N2O/c1-3-5-9-16-11-13-8-6-7-12(15-13)10-14-4-2/h3,5-8,14H,4,9-11H2,1-2H3/b5-3+. The van der Waals surface area contributed by atoms with Crippen molar-refractivity contribution >= 4 is 0 Å². The lowest BCUT2D eigenvalue weighted by Crippen LogP contribution is -2.13. The van der Waals surface area contributed by atoms with Gasteiger partial charge in [0.1, 0.15) is 0 Å². The predicted octanol–water partition coefficient (Wildman–Crippen LogP) is 2.28. The minimum atomic E-state index is 0.574. The average molecular weight is 220 g/mol. The van der Waals surface area contributed by atoms with E-state index in [1.165, 1.54) is 0 Å². The fraction of sp³-hybridized carbons (Fsp3) is 0.462. The molecule has 0 saturated carbocycles. The zero-order valence-electron chi connectivity index (χ0n) is 10.1. The first-order valence-corrected chi connectivity index (χ1v) is 5.71. The summed E-state index contributed by atoms with van der Waals surface area (Å²) in [6, 6.07) is 6.04. The van der Waals surface area contributed by atoms with E-state index in [1.54, 1.807) is 0 Å². The van der Waals surface area contributed by atoms with Crippen LogP contribution in [0.15, 0.2) is 30.4 Å². The molecular formula is C13H20N2O. The first-order valence-electron chi connectivity index (χ1n) is 5.71. The van der Waals surface area contributed by atoms with Crippen LogP contribution in [0.4, 0.5) is 0 Å². The van der Waals surface area contributed by atoms with Crippen LogP contribution in [-0.4, -0.2) is 18.1 Å². The van der Waals surface area contributed by atoms with Crippen molar-refractivity contribution in [2.75, 3.05) is 13.2 Å². The van der Waals surface area contributed by atoms with Crippen molar-refractivity contribution in [2.45, 2.75) is 27.0 Å². The number of ether oxygens (including phenoxy) is 1. The van der Waals surface area contributed by atoms with Crippen molar-refractivity contribution in [2.24, 2.45) is 0 Å². The second-order valence-corrected chi connectivity index (χ2v) is 3.48. The zero-order valence-corrected chi connectivity index (χ0v) is 10.1. The lowest BCUT2D eigenvalue weighted by atomic mass is 10.3. The van der Waals surface area contributed by atoms with Gasteiger partial charge in [-0.15, -0.1) is 0 Å².